The minimum absolute atomic E-state index is 0.0551. The number of hydrogen-bond donors (Lipinski definition) is 1. The van der Waals surface area contributed by atoms with E-state index in [1.807, 2.05) is 12.1 Å². The van der Waals surface area contributed by atoms with Gasteiger partial charge in [0.2, 0.25) is 5.82 Å². The summed E-state index contributed by atoms with van der Waals surface area (Å²) in [6, 6.07) is 10.4. The predicted molar refractivity (Wildman–Crippen MR) is 121 cm³/mol. The maximum absolute atomic E-state index is 12.9. The minimum Gasteiger partial charge on any atom is -0.347 e. The molecule has 1 amide bonds. The van der Waals surface area contributed by atoms with E-state index in [0.29, 0.717) is 11.4 Å². The normalized spacial score (nSPS) is 24.1. The summed E-state index contributed by atoms with van der Waals surface area (Å²) in [4.78, 5) is 15.4. The van der Waals surface area contributed by atoms with E-state index in [0.717, 1.165) is 64.1 Å². The number of nitrogens with zero attached hydrogens (tertiary/aromatic N) is 5. The van der Waals surface area contributed by atoms with Crippen LogP contribution in [0.4, 0.5) is 0 Å². The summed E-state index contributed by atoms with van der Waals surface area (Å²) in [7, 11) is 0. The van der Waals surface area contributed by atoms with E-state index in [-0.39, 0.29) is 17.4 Å². The molecule has 1 saturated carbocycles. The Morgan fingerprint density at radius 1 is 1.09 bits per heavy atom. The number of nitrogens with one attached hydrogen (secondary N) is 1. The third-order valence-corrected chi connectivity index (χ3v) is 7.72. The van der Waals surface area contributed by atoms with E-state index in [4.69, 9.17) is 5.26 Å². The second kappa shape index (κ2) is 9.03. The van der Waals surface area contributed by atoms with E-state index in [1.54, 1.807) is 0 Å². The standard InChI is InChI=1S/C25H32N6O/c26-16-19-6-8-20(9-7-19)17-30-14-12-25(18-30)11-10-22-28-29-23(31(22)15-13-25)24(32)27-21-4-2-1-3-5-21/h6-9,21H,1-5,10-15,17-18H2,(H,27,32)/t25-/m1/s1. The summed E-state index contributed by atoms with van der Waals surface area (Å²) in [6.45, 7) is 3.92. The third-order valence-electron chi connectivity index (χ3n) is 7.72. The van der Waals surface area contributed by atoms with Crippen LogP contribution in [0.2, 0.25) is 0 Å². The van der Waals surface area contributed by atoms with E-state index >= 15 is 0 Å². The van der Waals surface area contributed by atoms with Crippen molar-refractivity contribution in [2.45, 2.75) is 76.9 Å². The number of benzene rings is 1. The van der Waals surface area contributed by atoms with Crippen molar-refractivity contribution in [2.75, 3.05) is 13.1 Å². The molecule has 1 aliphatic carbocycles. The molecule has 32 heavy (non-hydrogen) atoms. The Labute approximate surface area is 189 Å². The molecule has 7 nitrogen and oxygen atoms in total. The topological polar surface area (TPSA) is 86.8 Å². The molecule has 1 spiro atoms. The zero-order chi connectivity index (χ0) is 22.0. The number of fused-ring (bicyclic) bond motifs is 1. The summed E-state index contributed by atoms with van der Waals surface area (Å²) < 4.78 is 2.08. The van der Waals surface area contributed by atoms with Crippen LogP contribution in [0.5, 0.6) is 0 Å². The zero-order valence-corrected chi connectivity index (χ0v) is 18.7. The fraction of sp³-hybridized carbons (Fsp3) is 0.600. The molecular weight excluding hydrogens is 400 g/mol. The first kappa shape index (κ1) is 21.1. The molecule has 1 saturated heterocycles. The largest absolute Gasteiger partial charge is 0.347 e. The number of carbonyl (C=O) groups excluding carboxylic acids is 1. The van der Waals surface area contributed by atoms with Crippen LogP contribution in [0, 0.1) is 16.7 Å². The number of nitriles is 1. The lowest BCUT2D eigenvalue weighted by atomic mass is 9.80. The number of aromatic nitrogens is 3. The van der Waals surface area contributed by atoms with Crippen LogP contribution in [-0.2, 0) is 19.5 Å². The molecule has 1 aromatic carbocycles. The molecular formula is C25H32N6O. The molecule has 7 heteroatoms. The zero-order valence-electron chi connectivity index (χ0n) is 18.7. The van der Waals surface area contributed by atoms with Gasteiger partial charge in [-0.1, -0.05) is 31.4 Å². The van der Waals surface area contributed by atoms with Gasteiger partial charge in [-0.05, 0) is 61.8 Å². The lowest BCUT2D eigenvalue weighted by molar-refractivity contribution is 0.0911. The fourth-order valence-corrected chi connectivity index (χ4v) is 5.78. The Balaban J connectivity index is 1.21. The van der Waals surface area contributed by atoms with Gasteiger partial charge in [0, 0.05) is 32.1 Å². The van der Waals surface area contributed by atoms with Crippen molar-refractivity contribution in [1.82, 2.24) is 25.0 Å². The van der Waals surface area contributed by atoms with Crippen molar-refractivity contribution in [2.24, 2.45) is 5.41 Å². The quantitative estimate of drug-likeness (QED) is 0.800. The highest BCUT2D eigenvalue weighted by molar-refractivity contribution is 5.90. The molecule has 5 rings (SSSR count). The number of carbonyl (C=O) groups is 1. The molecule has 3 heterocycles. The van der Waals surface area contributed by atoms with Gasteiger partial charge >= 0.3 is 0 Å². The number of hydrogen-bond acceptors (Lipinski definition) is 5. The predicted octanol–water partition coefficient (Wildman–Crippen LogP) is 3.44. The van der Waals surface area contributed by atoms with Crippen molar-refractivity contribution < 1.29 is 4.79 Å². The number of likely N-dealkylation sites (tertiary alicyclic amines) is 1. The second-order valence-corrected chi connectivity index (χ2v) is 9.92. The van der Waals surface area contributed by atoms with E-state index in [2.05, 4.69) is 43.2 Å². The maximum Gasteiger partial charge on any atom is 0.289 e. The van der Waals surface area contributed by atoms with Crippen LogP contribution in [0.1, 0.15) is 78.9 Å². The fourth-order valence-electron chi connectivity index (χ4n) is 5.78. The van der Waals surface area contributed by atoms with Gasteiger partial charge in [-0.2, -0.15) is 5.26 Å². The summed E-state index contributed by atoms with van der Waals surface area (Å²) in [5.74, 6) is 1.40. The summed E-state index contributed by atoms with van der Waals surface area (Å²) in [6.07, 6.45) is 10.0. The molecule has 168 valence electrons. The first-order valence-corrected chi connectivity index (χ1v) is 12.1. The second-order valence-electron chi connectivity index (χ2n) is 9.92. The van der Waals surface area contributed by atoms with Crippen LogP contribution in [-0.4, -0.2) is 44.7 Å². The highest BCUT2D eigenvalue weighted by atomic mass is 16.2. The van der Waals surface area contributed by atoms with Crippen molar-refractivity contribution in [3.8, 4) is 6.07 Å². The molecule has 0 radical (unpaired) electrons. The minimum atomic E-state index is -0.0551. The average Bonchev–Trinajstić information content (AvgIpc) is 3.37. The Kier molecular flexibility index (Phi) is 5.97. The van der Waals surface area contributed by atoms with Crippen LogP contribution in [0.3, 0.4) is 0 Å². The maximum atomic E-state index is 12.9. The molecule has 3 aliphatic rings. The van der Waals surface area contributed by atoms with Gasteiger partial charge in [0.25, 0.3) is 5.91 Å². The number of amides is 1. The first-order valence-electron chi connectivity index (χ1n) is 12.1. The molecule has 1 atom stereocenters. The average molecular weight is 433 g/mol. The lowest BCUT2D eigenvalue weighted by Crippen LogP contribution is -2.37. The molecule has 1 N–H and O–H groups in total. The van der Waals surface area contributed by atoms with Crippen LogP contribution in [0.15, 0.2) is 24.3 Å². The van der Waals surface area contributed by atoms with Crippen molar-refractivity contribution >= 4 is 5.91 Å². The number of rotatable bonds is 4. The third kappa shape index (κ3) is 4.42. The van der Waals surface area contributed by atoms with Crippen molar-refractivity contribution in [3.63, 3.8) is 0 Å². The van der Waals surface area contributed by atoms with Gasteiger partial charge in [-0.15, -0.1) is 10.2 Å². The Hall–Kier alpha value is -2.72. The van der Waals surface area contributed by atoms with E-state index in [9.17, 15) is 4.79 Å². The van der Waals surface area contributed by atoms with E-state index < -0.39 is 0 Å². The molecule has 0 bridgehead atoms. The molecule has 1 aromatic heterocycles. The summed E-state index contributed by atoms with van der Waals surface area (Å²) >= 11 is 0. The summed E-state index contributed by atoms with van der Waals surface area (Å²) in [5.41, 5.74) is 2.25. The van der Waals surface area contributed by atoms with Crippen LogP contribution in [0.25, 0.3) is 0 Å². The van der Waals surface area contributed by atoms with Gasteiger partial charge in [-0.25, -0.2) is 0 Å². The SMILES string of the molecule is N#Cc1ccc(CN2CC[C@@]3(CCc4nnc(C(=O)NC5CCCCC5)n4CC3)C2)cc1. The van der Waals surface area contributed by atoms with Gasteiger partial charge in [0.15, 0.2) is 0 Å². The highest BCUT2D eigenvalue weighted by Gasteiger charge is 2.40. The molecule has 2 fully saturated rings. The van der Waals surface area contributed by atoms with E-state index in [1.165, 1.54) is 31.2 Å². The smallest absolute Gasteiger partial charge is 0.289 e. The van der Waals surface area contributed by atoms with Gasteiger partial charge in [0.1, 0.15) is 5.82 Å². The van der Waals surface area contributed by atoms with Gasteiger partial charge in [-0.3, -0.25) is 9.69 Å². The monoisotopic (exact) mass is 432 g/mol. The Morgan fingerprint density at radius 3 is 2.66 bits per heavy atom. The Morgan fingerprint density at radius 2 is 1.88 bits per heavy atom. The van der Waals surface area contributed by atoms with Gasteiger partial charge in [0.05, 0.1) is 11.6 Å². The molecule has 0 unspecified atom stereocenters. The van der Waals surface area contributed by atoms with Crippen molar-refractivity contribution in [1.29, 1.82) is 5.26 Å². The first-order chi connectivity index (χ1) is 15.6. The molecule has 2 aliphatic heterocycles. The summed E-state index contributed by atoms with van der Waals surface area (Å²) in [5, 5.41) is 20.9. The van der Waals surface area contributed by atoms with Gasteiger partial charge < -0.3 is 9.88 Å². The number of aryl methyl sites for hydroxylation is 1. The lowest BCUT2D eigenvalue weighted by Gasteiger charge is -2.28. The Bertz CT molecular complexity index is 1000. The molecule has 2 aromatic rings. The highest BCUT2D eigenvalue weighted by Crippen LogP contribution is 2.41. The van der Waals surface area contributed by atoms with Crippen LogP contribution < -0.4 is 5.32 Å². The van der Waals surface area contributed by atoms with Crippen LogP contribution >= 0.6 is 0 Å². The van der Waals surface area contributed by atoms with Crippen molar-refractivity contribution in [3.05, 3.63) is 47.0 Å².